The number of hydrogen-bond donors (Lipinski definition) is 0. The number of fused-ring (bicyclic) bond motifs is 7. The molecule has 0 bridgehead atoms. The Hall–Kier alpha value is -1.98. The Morgan fingerprint density at radius 3 is 2.15 bits per heavy atom. The maximum absolute atomic E-state index is 13.6. The summed E-state index contributed by atoms with van der Waals surface area (Å²) >= 11 is 0. The van der Waals surface area contributed by atoms with Crippen molar-refractivity contribution in [3.63, 3.8) is 0 Å². The van der Waals surface area contributed by atoms with Crippen LogP contribution in [0.15, 0.2) is 11.1 Å². The van der Waals surface area contributed by atoms with Crippen LogP contribution in [0.3, 0.4) is 0 Å². The number of hydrogen-bond acceptors (Lipinski definition) is 6. The molecule has 0 aromatic carbocycles. The fraction of sp³-hybridized carbons (Fsp3) is 0.818. The van der Waals surface area contributed by atoms with Crippen molar-refractivity contribution in [3.05, 3.63) is 11.1 Å². The minimum Gasteiger partial charge on any atom is -0.468 e. The molecule has 0 heterocycles. The van der Waals surface area contributed by atoms with Crippen molar-refractivity contribution in [3.8, 4) is 0 Å². The van der Waals surface area contributed by atoms with Gasteiger partial charge in [-0.1, -0.05) is 48.5 Å². The number of ketones is 2. The van der Waals surface area contributed by atoms with Crippen LogP contribution in [0.4, 0.5) is 0 Å². The van der Waals surface area contributed by atoms with Crippen molar-refractivity contribution in [2.45, 2.75) is 113 Å². The van der Waals surface area contributed by atoms with E-state index in [1.807, 2.05) is 13.8 Å². The van der Waals surface area contributed by atoms with E-state index in [9.17, 15) is 20.5 Å². The zero-order valence-electron chi connectivity index (χ0n) is 26.4. The summed E-state index contributed by atoms with van der Waals surface area (Å²) in [6, 6.07) is 0. The summed E-state index contributed by atoms with van der Waals surface area (Å²) in [7, 11) is 1.32. The van der Waals surface area contributed by atoms with E-state index >= 15 is 0 Å². The second-order valence-electron chi connectivity index (χ2n) is 14.9. The summed E-state index contributed by atoms with van der Waals surface area (Å²) in [6.07, 6.45) is 4.74. The topological polar surface area (TPSA) is 86.7 Å². The van der Waals surface area contributed by atoms with Crippen LogP contribution in [0.2, 0.25) is 0 Å². The summed E-state index contributed by atoms with van der Waals surface area (Å²) in [6.45, 7) is 16.7. The molecule has 0 N–H and O–H groups in total. The zero-order valence-corrected chi connectivity index (χ0v) is 25.4. The van der Waals surface area contributed by atoms with Crippen LogP contribution < -0.4 is 0 Å². The maximum atomic E-state index is 13.6. The predicted molar refractivity (Wildman–Crippen MR) is 147 cm³/mol. The van der Waals surface area contributed by atoms with Gasteiger partial charge < -0.3 is 9.47 Å². The molecular formula is C33H48O6. The Kier molecular flexibility index (Phi) is 6.11. The molecule has 39 heavy (non-hydrogen) atoms. The molecule has 0 aromatic rings. The average molecular weight is 543 g/mol. The molecule has 5 rings (SSSR count). The van der Waals surface area contributed by atoms with Gasteiger partial charge in [-0.25, -0.2) is 0 Å². The van der Waals surface area contributed by atoms with Crippen LogP contribution in [0, 0.1) is 50.7 Å². The molecule has 0 radical (unpaired) electrons. The van der Waals surface area contributed by atoms with Crippen molar-refractivity contribution in [2.75, 3.05) is 7.11 Å². The Morgan fingerprint density at radius 2 is 1.56 bits per heavy atom. The first-order chi connectivity index (χ1) is 18.4. The fourth-order valence-electron chi connectivity index (χ4n) is 11.0. The third-order valence-corrected chi connectivity index (χ3v) is 12.9. The SMILES string of the molecule is [3H][C@]1(OC(C)=O)CC[C@]2(C)[C@H]3CC[C@@H]4C5=C(C(C)C)C(=O)C(=O)[C@]5(C(=O)OC)CC[C@@]4(C)[C@]3(C)CC[C@H]2C1(C)C. The third-order valence-electron chi connectivity index (χ3n) is 12.9. The Morgan fingerprint density at radius 1 is 0.897 bits per heavy atom. The Balaban J connectivity index is 1.60. The standard InChI is InChI=1S/C33H48O6/c1-18(2)24-25-20-10-11-22-30(6)14-13-23(39-19(3)34)29(4,5)21(30)12-15-32(22,8)31(20,7)16-17-33(25,28(37)38-9)27(36)26(24)35/h18,20-23H,10-17H2,1-9H3/t20-,21+,22-,23+,30+,31-,32-,33+/m1/s1/i23T. The van der Waals surface area contributed by atoms with E-state index in [-0.39, 0.29) is 34.0 Å². The molecule has 5 aliphatic rings. The van der Waals surface area contributed by atoms with Gasteiger partial charge in [0.25, 0.3) is 0 Å². The van der Waals surface area contributed by atoms with Gasteiger partial charge in [0.05, 0.1) is 8.48 Å². The molecule has 0 aromatic heterocycles. The first kappa shape index (κ1) is 27.2. The van der Waals surface area contributed by atoms with Gasteiger partial charge in [0.1, 0.15) is 6.08 Å². The van der Waals surface area contributed by atoms with Gasteiger partial charge in [-0.15, -0.1) is 0 Å². The third kappa shape index (κ3) is 3.38. The van der Waals surface area contributed by atoms with E-state index in [0.717, 1.165) is 37.7 Å². The van der Waals surface area contributed by atoms with Crippen LogP contribution in [0.5, 0.6) is 0 Å². The molecule has 0 aliphatic heterocycles. The lowest BCUT2D eigenvalue weighted by Gasteiger charge is -2.71. The van der Waals surface area contributed by atoms with Gasteiger partial charge in [-0.2, -0.15) is 0 Å². The van der Waals surface area contributed by atoms with Crippen LogP contribution in [0.1, 0.15) is 108 Å². The number of esters is 2. The highest BCUT2D eigenvalue weighted by Crippen LogP contribution is 2.76. The van der Waals surface area contributed by atoms with E-state index < -0.39 is 40.4 Å². The molecule has 4 fully saturated rings. The van der Waals surface area contributed by atoms with Crippen molar-refractivity contribution in [1.82, 2.24) is 0 Å². The number of ether oxygens (including phenoxy) is 2. The summed E-state index contributed by atoms with van der Waals surface area (Å²) < 4.78 is 20.2. The summed E-state index contributed by atoms with van der Waals surface area (Å²) in [5.41, 5.74) is -0.968. The maximum Gasteiger partial charge on any atom is 0.324 e. The van der Waals surface area contributed by atoms with E-state index in [0.29, 0.717) is 30.8 Å². The smallest absolute Gasteiger partial charge is 0.324 e. The number of allylic oxidation sites excluding steroid dienone is 1. The summed E-state index contributed by atoms with van der Waals surface area (Å²) in [5.74, 6) is -1.64. The molecule has 6 heteroatoms. The normalized spacial score (nSPS) is 47.0. The molecule has 216 valence electrons. The van der Waals surface area contributed by atoms with Crippen molar-refractivity contribution in [1.29, 1.82) is 0 Å². The largest absolute Gasteiger partial charge is 0.468 e. The van der Waals surface area contributed by atoms with E-state index in [1.165, 1.54) is 14.0 Å². The van der Waals surface area contributed by atoms with Gasteiger partial charge >= 0.3 is 11.9 Å². The Bertz CT molecular complexity index is 1220. The minimum absolute atomic E-state index is 0.0390. The monoisotopic (exact) mass is 542 g/mol. The fourth-order valence-corrected chi connectivity index (χ4v) is 11.0. The molecule has 6 nitrogen and oxygen atoms in total. The first-order valence-corrected chi connectivity index (χ1v) is 15.0. The van der Waals surface area contributed by atoms with Gasteiger partial charge in [-0.3, -0.25) is 19.2 Å². The van der Waals surface area contributed by atoms with Gasteiger partial charge in [0.15, 0.2) is 5.41 Å². The average Bonchev–Trinajstić information content (AvgIpc) is 3.09. The molecule has 0 spiro atoms. The predicted octanol–water partition coefficient (Wildman–Crippen LogP) is 6.25. The van der Waals surface area contributed by atoms with Crippen molar-refractivity contribution < 1.29 is 30.0 Å². The Labute approximate surface area is 235 Å². The van der Waals surface area contributed by atoms with E-state index in [2.05, 4.69) is 34.6 Å². The lowest BCUT2D eigenvalue weighted by atomic mass is 9.33. The van der Waals surface area contributed by atoms with Crippen LogP contribution >= 0.6 is 0 Å². The van der Waals surface area contributed by atoms with Gasteiger partial charge in [0, 0.05) is 17.9 Å². The molecule has 5 aliphatic carbocycles. The van der Waals surface area contributed by atoms with Gasteiger partial charge in [-0.05, 0) is 96.9 Å². The number of carbonyl (C=O) groups is 4. The second-order valence-corrected chi connectivity index (χ2v) is 14.9. The zero-order chi connectivity index (χ0) is 29.8. The molecular weight excluding hydrogens is 492 g/mol. The molecule has 4 saturated carbocycles. The number of carbonyl (C=O) groups excluding carboxylic acids is 4. The first-order valence-electron chi connectivity index (χ1n) is 15.5. The van der Waals surface area contributed by atoms with Gasteiger partial charge in [0.2, 0.25) is 11.6 Å². The highest BCUT2D eigenvalue weighted by Gasteiger charge is 2.73. The lowest BCUT2D eigenvalue weighted by Crippen LogP contribution is -2.66. The number of rotatable bonds is 3. The highest BCUT2D eigenvalue weighted by molar-refractivity contribution is 6.52. The molecule has 0 amide bonds. The van der Waals surface area contributed by atoms with E-state index in [1.54, 1.807) is 0 Å². The van der Waals surface area contributed by atoms with Crippen LogP contribution in [0.25, 0.3) is 0 Å². The molecule has 0 unspecified atom stereocenters. The number of Topliss-reactive ketones (excluding diaryl/α,β-unsaturated/α-hetero) is 2. The quantitative estimate of drug-likeness (QED) is 0.238. The molecule has 8 atom stereocenters. The van der Waals surface area contributed by atoms with Crippen LogP contribution in [-0.2, 0) is 28.7 Å². The minimum atomic E-state index is -1.47. The van der Waals surface area contributed by atoms with Crippen molar-refractivity contribution >= 4 is 23.5 Å². The summed E-state index contributed by atoms with van der Waals surface area (Å²) in [5, 5.41) is 0. The second kappa shape index (κ2) is 8.76. The molecule has 0 saturated heterocycles. The summed E-state index contributed by atoms with van der Waals surface area (Å²) in [4.78, 5) is 52.5. The highest BCUT2D eigenvalue weighted by atomic mass is 16.5. The van der Waals surface area contributed by atoms with Crippen molar-refractivity contribution in [2.24, 2.45) is 50.7 Å². The lowest BCUT2D eigenvalue weighted by molar-refractivity contribution is -0.232. The van der Waals surface area contributed by atoms with Crippen LogP contribution in [-0.4, -0.2) is 36.7 Å². The van der Waals surface area contributed by atoms with E-state index in [4.69, 9.17) is 9.47 Å². The number of methoxy groups -OCH3 is 1.